The highest BCUT2D eigenvalue weighted by atomic mass is 79.9. The predicted octanol–water partition coefficient (Wildman–Crippen LogP) is 2.15. The maximum Gasteiger partial charge on any atom is 0.175 e. The Labute approximate surface area is 111 Å². The zero-order valence-corrected chi connectivity index (χ0v) is 12.1. The molecule has 1 unspecified atom stereocenters. The molecule has 0 bridgehead atoms. The number of hydrogen-bond acceptors (Lipinski definition) is 3. The average Bonchev–Trinajstić information content (AvgIpc) is 2.68. The minimum absolute atomic E-state index is 0.389. The Balaban J connectivity index is 2.25. The van der Waals surface area contributed by atoms with Crippen molar-refractivity contribution in [3.63, 3.8) is 0 Å². The third kappa shape index (κ3) is 3.53. The topological polar surface area (TPSA) is 46.2 Å². The Morgan fingerprint density at radius 2 is 2.18 bits per heavy atom. The fourth-order valence-electron chi connectivity index (χ4n) is 2.17. The molecule has 0 saturated carbocycles. The molecule has 1 N–H and O–H groups in total. The van der Waals surface area contributed by atoms with Gasteiger partial charge in [0.2, 0.25) is 0 Å². The molecule has 0 aliphatic carbocycles. The maximum atomic E-state index is 11.5. The molecule has 1 aliphatic rings. The van der Waals surface area contributed by atoms with Gasteiger partial charge in [-0.25, -0.2) is 8.42 Å². The Hall–Kier alpha value is -0.390. The largest absolute Gasteiger partial charge is 0.314 e. The lowest BCUT2D eigenvalue weighted by Gasteiger charge is -2.11. The van der Waals surface area contributed by atoms with Crippen LogP contribution in [0.25, 0.3) is 0 Å². The smallest absolute Gasteiger partial charge is 0.175 e. The first-order valence-corrected chi connectivity index (χ1v) is 8.36. The van der Waals surface area contributed by atoms with Gasteiger partial charge in [0.15, 0.2) is 9.84 Å². The second-order valence-electron chi connectivity index (χ2n) is 4.56. The molecule has 2 rings (SSSR count). The van der Waals surface area contributed by atoms with Crippen LogP contribution in [0.3, 0.4) is 0 Å². The number of halogens is 1. The summed E-state index contributed by atoms with van der Waals surface area (Å²) in [6.45, 7) is 1.07. The quantitative estimate of drug-likeness (QED) is 0.929. The van der Waals surface area contributed by atoms with Crippen molar-refractivity contribution in [3.05, 3.63) is 28.2 Å². The van der Waals surface area contributed by atoms with Crippen LogP contribution < -0.4 is 5.32 Å². The maximum absolute atomic E-state index is 11.5. The number of benzene rings is 1. The lowest BCUT2D eigenvalue weighted by molar-refractivity contribution is 0.596. The van der Waals surface area contributed by atoms with Crippen molar-refractivity contribution in [1.29, 1.82) is 0 Å². The van der Waals surface area contributed by atoms with Crippen LogP contribution in [0.4, 0.5) is 0 Å². The van der Waals surface area contributed by atoms with Gasteiger partial charge in [-0.1, -0.05) is 15.9 Å². The van der Waals surface area contributed by atoms with Crippen molar-refractivity contribution >= 4 is 25.8 Å². The summed E-state index contributed by atoms with van der Waals surface area (Å²) in [6, 6.07) is 5.91. The molecule has 5 heteroatoms. The van der Waals surface area contributed by atoms with Gasteiger partial charge in [-0.05, 0) is 49.6 Å². The van der Waals surface area contributed by atoms with Crippen molar-refractivity contribution in [2.75, 3.05) is 12.8 Å². The van der Waals surface area contributed by atoms with Crippen LogP contribution in [0.15, 0.2) is 27.6 Å². The average molecular weight is 318 g/mol. The molecular weight excluding hydrogens is 302 g/mol. The molecule has 1 aromatic rings. The third-order valence-electron chi connectivity index (χ3n) is 3.00. The number of nitrogens with one attached hydrogen (secondary N) is 1. The van der Waals surface area contributed by atoms with E-state index in [1.807, 2.05) is 6.07 Å². The van der Waals surface area contributed by atoms with Crippen molar-refractivity contribution in [2.24, 2.45) is 0 Å². The highest BCUT2D eigenvalue weighted by Gasteiger charge is 2.16. The Bertz CT molecular complexity index is 507. The molecule has 1 fully saturated rings. The molecule has 0 spiro atoms. The normalized spacial score (nSPS) is 20.7. The van der Waals surface area contributed by atoms with E-state index < -0.39 is 9.84 Å². The highest BCUT2D eigenvalue weighted by molar-refractivity contribution is 9.10. The van der Waals surface area contributed by atoms with E-state index in [0.29, 0.717) is 10.9 Å². The molecule has 1 saturated heterocycles. The van der Waals surface area contributed by atoms with E-state index in [1.54, 1.807) is 12.1 Å². The Morgan fingerprint density at radius 1 is 1.41 bits per heavy atom. The fraction of sp³-hybridized carbons (Fsp3) is 0.500. The second kappa shape index (κ2) is 5.08. The van der Waals surface area contributed by atoms with Crippen molar-refractivity contribution in [1.82, 2.24) is 5.32 Å². The van der Waals surface area contributed by atoms with Gasteiger partial charge < -0.3 is 5.32 Å². The highest BCUT2D eigenvalue weighted by Crippen LogP contribution is 2.22. The summed E-state index contributed by atoms with van der Waals surface area (Å²) in [5.74, 6) is 0. The predicted molar refractivity (Wildman–Crippen MR) is 72.0 cm³/mol. The first kappa shape index (κ1) is 13.1. The molecule has 0 amide bonds. The van der Waals surface area contributed by atoms with Gasteiger partial charge in [-0.15, -0.1) is 0 Å². The van der Waals surface area contributed by atoms with Crippen LogP contribution in [-0.2, 0) is 16.3 Å². The zero-order valence-electron chi connectivity index (χ0n) is 9.74. The van der Waals surface area contributed by atoms with Gasteiger partial charge in [0, 0.05) is 16.8 Å². The van der Waals surface area contributed by atoms with Crippen molar-refractivity contribution < 1.29 is 8.42 Å². The number of hydrogen-bond donors (Lipinski definition) is 1. The molecule has 0 aromatic heterocycles. The van der Waals surface area contributed by atoms with Crippen molar-refractivity contribution in [2.45, 2.75) is 30.2 Å². The lowest BCUT2D eigenvalue weighted by Crippen LogP contribution is -2.23. The molecule has 94 valence electrons. The first-order valence-electron chi connectivity index (χ1n) is 5.68. The summed E-state index contributed by atoms with van der Waals surface area (Å²) in [6.07, 6.45) is 4.51. The minimum atomic E-state index is -3.13. The monoisotopic (exact) mass is 317 g/mol. The van der Waals surface area contributed by atoms with E-state index >= 15 is 0 Å². The first-order chi connectivity index (χ1) is 7.95. The molecule has 1 aliphatic heterocycles. The van der Waals surface area contributed by atoms with Crippen LogP contribution >= 0.6 is 15.9 Å². The van der Waals surface area contributed by atoms with Crippen LogP contribution in [0.1, 0.15) is 18.4 Å². The van der Waals surface area contributed by atoms with Crippen LogP contribution in [0.2, 0.25) is 0 Å². The molecule has 0 radical (unpaired) electrons. The third-order valence-corrected chi connectivity index (χ3v) is 4.55. The molecule has 3 nitrogen and oxygen atoms in total. The summed E-state index contributed by atoms with van der Waals surface area (Å²) in [5, 5.41) is 3.42. The van der Waals surface area contributed by atoms with E-state index in [0.717, 1.165) is 23.0 Å². The fourth-order valence-corrected chi connectivity index (χ4v) is 3.57. The zero-order chi connectivity index (χ0) is 12.5. The molecule has 1 atom stereocenters. The van der Waals surface area contributed by atoms with Crippen molar-refractivity contribution in [3.8, 4) is 0 Å². The molecule has 1 heterocycles. The van der Waals surface area contributed by atoms with Gasteiger partial charge in [0.1, 0.15) is 0 Å². The van der Waals surface area contributed by atoms with Gasteiger partial charge in [-0.2, -0.15) is 0 Å². The van der Waals surface area contributed by atoms with E-state index in [2.05, 4.69) is 21.2 Å². The second-order valence-corrected chi connectivity index (χ2v) is 7.50. The standard InChI is InChI=1S/C12H16BrNO2S/c1-17(15,16)12-7-9(5-10(13)8-12)6-11-3-2-4-14-11/h5,7-8,11,14H,2-4,6H2,1H3. The van der Waals surface area contributed by atoms with E-state index in [-0.39, 0.29) is 0 Å². The lowest BCUT2D eigenvalue weighted by atomic mass is 10.1. The van der Waals surface area contributed by atoms with E-state index in [4.69, 9.17) is 0 Å². The van der Waals surface area contributed by atoms with Gasteiger partial charge in [0.25, 0.3) is 0 Å². The number of rotatable bonds is 3. The summed E-state index contributed by atoms with van der Waals surface area (Å²) < 4.78 is 23.9. The van der Waals surface area contributed by atoms with Gasteiger partial charge in [-0.3, -0.25) is 0 Å². The Morgan fingerprint density at radius 3 is 2.76 bits per heavy atom. The minimum Gasteiger partial charge on any atom is -0.314 e. The van der Waals surface area contributed by atoms with E-state index in [9.17, 15) is 8.42 Å². The van der Waals surface area contributed by atoms with Crippen LogP contribution in [-0.4, -0.2) is 27.3 Å². The number of sulfone groups is 1. The molecular formula is C12H16BrNO2S. The summed E-state index contributed by atoms with van der Waals surface area (Å²) in [5.41, 5.74) is 1.07. The summed E-state index contributed by atoms with van der Waals surface area (Å²) in [7, 11) is -3.13. The van der Waals surface area contributed by atoms with Crippen LogP contribution in [0.5, 0.6) is 0 Å². The van der Waals surface area contributed by atoms with Gasteiger partial charge >= 0.3 is 0 Å². The molecule has 17 heavy (non-hydrogen) atoms. The van der Waals surface area contributed by atoms with E-state index in [1.165, 1.54) is 19.1 Å². The molecule has 1 aromatic carbocycles. The van der Waals surface area contributed by atoms with Gasteiger partial charge in [0.05, 0.1) is 4.90 Å². The summed E-state index contributed by atoms with van der Waals surface area (Å²) in [4.78, 5) is 0.389. The summed E-state index contributed by atoms with van der Waals surface area (Å²) >= 11 is 3.37. The Kier molecular flexibility index (Phi) is 3.90. The SMILES string of the molecule is CS(=O)(=O)c1cc(Br)cc(CC2CCCN2)c1. The van der Waals surface area contributed by atoms with Crippen LogP contribution in [0, 0.1) is 0 Å².